The highest BCUT2D eigenvalue weighted by molar-refractivity contribution is 6.04. The van der Waals surface area contributed by atoms with Crippen LogP contribution in [0.4, 0.5) is 11.4 Å². The maximum atomic E-state index is 12.5. The number of amides is 2. The summed E-state index contributed by atoms with van der Waals surface area (Å²) in [5.74, 6) is -0.512. The maximum Gasteiger partial charge on any atom is 0.328 e. The molecule has 0 unspecified atom stereocenters. The number of rotatable bonds is 6. The molecule has 0 spiro atoms. The van der Waals surface area contributed by atoms with Crippen LogP contribution >= 0.6 is 0 Å². The fourth-order valence-electron chi connectivity index (χ4n) is 3.39. The summed E-state index contributed by atoms with van der Waals surface area (Å²) in [6, 6.07) is 17.7. The van der Waals surface area contributed by atoms with Gasteiger partial charge in [-0.05, 0) is 42.5 Å². The number of carbonyl (C=O) groups excluding carboxylic acids is 2. The SMILES string of the molecule is Cn1c(=O)n(CCC(=O)Nc2cccc(NC(=O)c3cccnc3)c2)c2ccccc21. The number of aromatic nitrogens is 3. The second-order valence-corrected chi connectivity index (χ2v) is 7.06. The van der Waals surface area contributed by atoms with Crippen LogP contribution in [0.5, 0.6) is 0 Å². The van der Waals surface area contributed by atoms with Crippen LogP contribution in [-0.2, 0) is 18.4 Å². The lowest BCUT2D eigenvalue weighted by Crippen LogP contribution is -2.24. The molecule has 0 aliphatic carbocycles. The Balaban J connectivity index is 1.41. The van der Waals surface area contributed by atoms with Crippen molar-refractivity contribution in [2.45, 2.75) is 13.0 Å². The highest BCUT2D eigenvalue weighted by Crippen LogP contribution is 2.17. The lowest BCUT2D eigenvalue weighted by Gasteiger charge is -2.09. The lowest BCUT2D eigenvalue weighted by atomic mass is 10.2. The van der Waals surface area contributed by atoms with E-state index in [4.69, 9.17) is 0 Å². The number of aryl methyl sites for hydroxylation is 2. The Bertz CT molecular complexity index is 1310. The summed E-state index contributed by atoms with van der Waals surface area (Å²) in [5, 5.41) is 5.60. The van der Waals surface area contributed by atoms with E-state index in [0.717, 1.165) is 11.0 Å². The van der Waals surface area contributed by atoms with E-state index in [9.17, 15) is 14.4 Å². The topological polar surface area (TPSA) is 98.0 Å². The summed E-state index contributed by atoms with van der Waals surface area (Å²) in [7, 11) is 1.71. The average Bonchev–Trinajstić information content (AvgIpc) is 3.03. The van der Waals surface area contributed by atoms with Crippen molar-refractivity contribution in [1.29, 1.82) is 0 Å². The highest BCUT2D eigenvalue weighted by atomic mass is 16.2. The quantitative estimate of drug-likeness (QED) is 0.506. The van der Waals surface area contributed by atoms with Gasteiger partial charge in [0.05, 0.1) is 16.6 Å². The van der Waals surface area contributed by atoms with E-state index in [0.29, 0.717) is 16.9 Å². The summed E-state index contributed by atoms with van der Waals surface area (Å²) in [6.07, 6.45) is 3.22. The predicted octanol–water partition coefficient (Wildman–Crippen LogP) is 3.02. The van der Waals surface area contributed by atoms with Crippen molar-refractivity contribution in [2.24, 2.45) is 7.05 Å². The molecule has 0 fully saturated rings. The number of nitrogens with zero attached hydrogens (tertiary/aromatic N) is 3. The predicted molar refractivity (Wildman–Crippen MR) is 119 cm³/mol. The zero-order chi connectivity index (χ0) is 21.8. The zero-order valence-corrected chi connectivity index (χ0v) is 16.9. The van der Waals surface area contributed by atoms with Crippen LogP contribution in [0.3, 0.4) is 0 Å². The minimum atomic E-state index is -0.285. The molecular formula is C23H21N5O3. The van der Waals surface area contributed by atoms with Gasteiger partial charge in [0.2, 0.25) is 5.91 Å². The molecule has 8 heteroatoms. The number of nitrogens with one attached hydrogen (secondary N) is 2. The molecule has 0 atom stereocenters. The molecule has 4 aromatic rings. The smallest absolute Gasteiger partial charge is 0.326 e. The van der Waals surface area contributed by atoms with Crippen LogP contribution < -0.4 is 16.3 Å². The Morgan fingerprint density at radius 1 is 0.935 bits per heavy atom. The Hall–Kier alpha value is -4.20. The molecule has 2 aromatic heterocycles. The first-order valence-electron chi connectivity index (χ1n) is 9.78. The molecule has 0 aliphatic heterocycles. The van der Waals surface area contributed by atoms with Crippen LogP contribution in [0.25, 0.3) is 11.0 Å². The number of fused-ring (bicyclic) bond motifs is 1. The molecule has 0 saturated heterocycles. The van der Waals surface area contributed by atoms with Crippen molar-refractivity contribution in [3.8, 4) is 0 Å². The van der Waals surface area contributed by atoms with Crippen molar-refractivity contribution in [1.82, 2.24) is 14.1 Å². The third kappa shape index (κ3) is 4.37. The number of hydrogen-bond acceptors (Lipinski definition) is 4. The average molecular weight is 415 g/mol. The van der Waals surface area contributed by atoms with E-state index in [1.54, 1.807) is 58.8 Å². The third-order valence-electron chi connectivity index (χ3n) is 4.94. The third-order valence-corrected chi connectivity index (χ3v) is 4.94. The van der Waals surface area contributed by atoms with Gasteiger partial charge in [-0.1, -0.05) is 18.2 Å². The highest BCUT2D eigenvalue weighted by Gasteiger charge is 2.12. The van der Waals surface area contributed by atoms with Gasteiger partial charge in [-0.3, -0.25) is 23.7 Å². The van der Waals surface area contributed by atoms with Gasteiger partial charge >= 0.3 is 5.69 Å². The molecule has 2 aromatic carbocycles. The standard InChI is InChI=1S/C23H21N5O3/c1-27-19-9-2-3-10-20(19)28(23(27)31)13-11-21(29)25-17-7-4-8-18(14-17)26-22(30)16-6-5-12-24-15-16/h2-10,12,14-15H,11,13H2,1H3,(H,25,29)(H,26,30). The number of imidazole rings is 1. The van der Waals surface area contributed by atoms with E-state index in [1.165, 1.54) is 6.20 Å². The number of para-hydroxylation sites is 2. The lowest BCUT2D eigenvalue weighted by molar-refractivity contribution is -0.116. The van der Waals surface area contributed by atoms with Gasteiger partial charge in [-0.25, -0.2) is 4.79 Å². The van der Waals surface area contributed by atoms with E-state index in [2.05, 4.69) is 15.6 Å². The normalized spacial score (nSPS) is 10.7. The molecule has 0 radical (unpaired) electrons. The molecule has 0 aliphatic rings. The number of pyridine rings is 1. The zero-order valence-electron chi connectivity index (χ0n) is 16.9. The fraction of sp³-hybridized carbons (Fsp3) is 0.130. The Labute approximate surface area is 178 Å². The van der Waals surface area contributed by atoms with Crippen molar-refractivity contribution in [3.05, 3.63) is 89.1 Å². The molecule has 0 saturated carbocycles. The number of hydrogen-bond donors (Lipinski definition) is 2. The molecule has 0 bridgehead atoms. The summed E-state index contributed by atoms with van der Waals surface area (Å²) in [5.41, 5.74) is 3.01. The molecule has 4 rings (SSSR count). The first-order valence-corrected chi connectivity index (χ1v) is 9.78. The minimum absolute atomic E-state index is 0.139. The van der Waals surface area contributed by atoms with Crippen LogP contribution in [0.1, 0.15) is 16.8 Å². The maximum absolute atomic E-state index is 12.5. The van der Waals surface area contributed by atoms with Crippen LogP contribution in [0, 0.1) is 0 Å². The monoisotopic (exact) mass is 415 g/mol. The fourth-order valence-corrected chi connectivity index (χ4v) is 3.39. The summed E-state index contributed by atoms with van der Waals surface area (Å²) in [6.45, 7) is 0.267. The molecule has 2 N–H and O–H groups in total. The van der Waals surface area contributed by atoms with Crippen molar-refractivity contribution >= 4 is 34.2 Å². The summed E-state index contributed by atoms with van der Waals surface area (Å²) >= 11 is 0. The molecule has 156 valence electrons. The first-order chi connectivity index (χ1) is 15.0. The Morgan fingerprint density at radius 2 is 1.68 bits per heavy atom. The van der Waals surface area contributed by atoms with Crippen LogP contribution in [-0.4, -0.2) is 25.9 Å². The van der Waals surface area contributed by atoms with Gasteiger partial charge in [0.25, 0.3) is 5.91 Å². The van der Waals surface area contributed by atoms with Gasteiger partial charge in [0, 0.05) is 43.8 Å². The largest absolute Gasteiger partial charge is 0.328 e. The second kappa shape index (κ2) is 8.66. The van der Waals surface area contributed by atoms with Crippen molar-refractivity contribution < 1.29 is 9.59 Å². The molecule has 2 amide bonds. The Morgan fingerprint density at radius 3 is 2.42 bits per heavy atom. The molecular weight excluding hydrogens is 394 g/mol. The van der Waals surface area contributed by atoms with E-state index < -0.39 is 0 Å². The van der Waals surface area contributed by atoms with Gasteiger partial charge in [-0.15, -0.1) is 0 Å². The first kappa shape index (κ1) is 20.1. The van der Waals surface area contributed by atoms with Crippen LogP contribution in [0.2, 0.25) is 0 Å². The van der Waals surface area contributed by atoms with Gasteiger partial charge in [0.15, 0.2) is 0 Å². The van der Waals surface area contributed by atoms with Crippen LogP contribution in [0.15, 0.2) is 77.9 Å². The summed E-state index contributed by atoms with van der Waals surface area (Å²) in [4.78, 5) is 41.1. The van der Waals surface area contributed by atoms with Crippen molar-refractivity contribution in [2.75, 3.05) is 10.6 Å². The molecule has 2 heterocycles. The van der Waals surface area contributed by atoms with E-state index >= 15 is 0 Å². The molecule has 31 heavy (non-hydrogen) atoms. The van der Waals surface area contributed by atoms with Gasteiger partial charge < -0.3 is 10.6 Å². The number of benzene rings is 2. The van der Waals surface area contributed by atoms with Crippen molar-refractivity contribution in [3.63, 3.8) is 0 Å². The molecule has 8 nitrogen and oxygen atoms in total. The second-order valence-electron chi connectivity index (χ2n) is 7.06. The Kier molecular flexibility index (Phi) is 5.61. The number of anilines is 2. The van der Waals surface area contributed by atoms with Gasteiger partial charge in [-0.2, -0.15) is 0 Å². The van der Waals surface area contributed by atoms with Gasteiger partial charge in [0.1, 0.15) is 0 Å². The number of carbonyl (C=O) groups is 2. The minimum Gasteiger partial charge on any atom is -0.326 e. The summed E-state index contributed by atoms with van der Waals surface area (Å²) < 4.78 is 3.17. The van der Waals surface area contributed by atoms with E-state index in [1.807, 2.05) is 24.3 Å². The van der Waals surface area contributed by atoms with E-state index in [-0.39, 0.29) is 30.5 Å².